The predicted molar refractivity (Wildman–Crippen MR) is 134 cm³/mol. The molecule has 1 heterocycles. The Balaban J connectivity index is 0.000000550. The monoisotopic (exact) mass is 529 g/mol. The topological polar surface area (TPSA) is 140 Å². The van der Waals surface area contributed by atoms with E-state index in [9.17, 15) is 23.9 Å². The molecule has 0 atom stereocenters. The number of likely N-dealkylation sites (N-methyl/N-ethyl adjacent to an activating group) is 1. The van der Waals surface area contributed by atoms with Crippen molar-refractivity contribution in [2.24, 2.45) is 0 Å². The van der Waals surface area contributed by atoms with E-state index in [2.05, 4.69) is 0 Å². The molecule has 202 valence electrons. The molecule has 0 radical (unpaired) electrons. The number of rotatable bonds is 11. The highest BCUT2D eigenvalue weighted by Crippen LogP contribution is 2.46. The first kappa shape index (κ1) is 29.6. The Bertz CT molecular complexity index is 1310. The third kappa shape index (κ3) is 8.20. The van der Waals surface area contributed by atoms with Crippen LogP contribution in [0, 0.1) is 5.82 Å². The second-order valence-electron chi connectivity index (χ2n) is 7.98. The number of carbonyl (C=O) groups excluding carboxylic acids is 2. The Morgan fingerprint density at radius 2 is 1.66 bits per heavy atom. The maximum absolute atomic E-state index is 13.2. The number of carboxylic acid groups (broad SMARTS) is 2. The van der Waals surface area contributed by atoms with E-state index < -0.39 is 11.9 Å². The van der Waals surface area contributed by atoms with Gasteiger partial charge in [0.1, 0.15) is 30.3 Å². The van der Waals surface area contributed by atoms with Gasteiger partial charge in [-0.25, -0.2) is 9.18 Å². The van der Waals surface area contributed by atoms with E-state index in [1.54, 1.807) is 24.3 Å². The van der Waals surface area contributed by atoms with Crippen LogP contribution in [0.1, 0.15) is 15.9 Å². The smallest absolute Gasteiger partial charge is 0.328 e. The molecule has 0 bridgehead atoms. The number of aliphatic carboxylic acids is 2. The van der Waals surface area contributed by atoms with E-state index in [-0.39, 0.29) is 22.9 Å². The number of carboxylic acids is 2. The molecular weight excluding hydrogens is 501 g/mol. The molecule has 0 aliphatic rings. The van der Waals surface area contributed by atoms with Crippen LogP contribution in [0.5, 0.6) is 17.2 Å². The summed E-state index contributed by atoms with van der Waals surface area (Å²) in [7, 11) is 7.00. The van der Waals surface area contributed by atoms with Gasteiger partial charge in [0.25, 0.3) is 0 Å². The van der Waals surface area contributed by atoms with E-state index in [0.717, 1.165) is 6.54 Å². The van der Waals surface area contributed by atoms with Crippen molar-refractivity contribution >= 4 is 34.8 Å². The number of hydrogen-bond donors (Lipinski definition) is 2. The van der Waals surface area contributed by atoms with Gasteiger partial charge in [-0.1, -0.05) is 18.2 Å². The van der Waals surface area contributed by atoms with Gasteiger partial charge in [-0.05, 0) is 35.9 Å². The number of furan rings is 1. The molecule has 0 unspecified atom stereocenters. The Labute approximate surface area is 218 Å². The Hall–Kier alpha value is -4.64. The van der Waals surface area contributed by atoms with Gasteiger partial charge >= 0.3 is 5.97 Å². The molecule has 0 fully saturated rings. The van der Waals surface area contributed by atoms with Crippen LogP contribution >= 0.6 is 0 Å². The number of ether oxygens (including phenoxy) is 3. The third-order valence-corrected chi connectivity index (χ3v) is 4.94. The molecule has 0 saturated carbocycles. The van der Waals surface area contributed by atoms with E-state index in [1.807, 2.05) is 14.1 Å². The zero-order valence-electron chi connectivity index (χ0n) is 21.3. The largest absolute Gasteiger partial charge is 0.545 e. The molecule has 10 nitrogen and oxygen atoms in total. The molecule has 0 saturated heterocycles. The zero-order chi connectivity index (χ0) is 28.2. The van der Waals surface area contributed by atoms with Crippen molar-refractivity contribution in [2.75, 3.05) is 41.5 Å². The van der Waals surface area contributed by atoms with E-state index in [0.29, 0.717) is 46.8 Å². The van der Waals surface area contributed by atoms with Crippen LogP contribution in [0.2, 0.25) is 0 Å². The quantitative estimate of drug-likeness (QED) is 0.279. The molecular formula is C27H28FNO9. The number of carbonyl (C=O) groups is 3. The second kappa shape index (κ2) is 14.2. The molecule has 2 aromatic carbocycles. The molecule has 0 aliphatic carbocycles. The summed E-state index contributed by atoms with van der Waals surface area (Å²) in [5.41, 5.74) is 1.38. The standard InChI is InChI=1S/C23H24FNO5.C4H4O4/c1-25(2)12-14-30-22-19(18(26)10-7-15-5-8-16(24)9-6-15)20(27-3)17-11-13-29-21(17)23(22)28-4;5-3(6)1-2-4(7)8/h5-11,13H,12,14H2,1-4H3;1-2H,(H,5,6)(H,7,8)/b10-7+;2-1-. The highest BCUT2D eigenvalue weighted by molar-refractivity contribution is 6.15. The lowest BCUT2D eigenvalue weighted by Crippen LogP contribution is -3.06. The van der Waals surface area contributed by atoms with Gasteiger partial charge in [-0.2, -0.15) is 0 Å². The number of quaternary nitrogens is 1. The highest BCUT2D eigenvalue weighted by atomic mass is 19.1. The van der Waals surface area contributed by atoms with Gasteiger partial charge in [0.2, 0.25) is 5.75 Å². The van der Waals surface area contributed by atoms with Gasteiger partial charge < -0.3 is 38.5 Å². The fourth-order valence-electron chi connectivity index (χ4n) is 3.20. The van der Waals surface area contributed by atoms with E-state index in [1.165, 1.54) is 43.6 Å². The molecule has 11 heteroatoms. The maximum Gasteiger partial charge on any atom is 0.328 e. The summed E-state index contributed by atoms with van der Waals surface area (Å²) < 4.78 is 35.8. The van der Waals surface area contributed by atoms with Crippen molar-refractivity contribution in [3.8, 4) is 17.2 Å². The van der Waals surface area contributed by atoms with Crippen molar-refractivity contribution in [3.63, 3.8) is 0 Å². The molecule has 0 aliphatic heterocycles. The van der Waals surface area contributed by atoms with Gasteiger partial charge in [0, 0.05) is 6.08 Å². The normalized spacial score (nSPS) is 11.0. The number of fused-ring (bicyclic) bond motifs is 1. The number of benzene rings is 2. The number of ketones is 1. The Kier molecular flexibility index (Phi) is 11.0. The molecule has 2 N–H and O–H groups in total. The fraction of sp³-hybridized carbons (Fsp3) is 0.222. The van der Waals surface area contributed by atoms with Crippen LogP contribution in [0.15, 0.2) is 59.2 Å². The predicted octanol–water partition coefficient (Wildman–Crippen LogP) is 1.39. The van der Waals surface area contributed by atoms with Crippen molar-refractivity contribution in [3.05, 3.63) is 71.8 Å². The first-order chi connectivity index (χ1) is 18.1. The Morgan fingerprint density at radius 1 is 1.00 bits per heavy atom. The van der Waals surface area contributed by atoms with Crippen LogP contribution in [-0.2, 0) is 9.59 Å². The summed E-state index contributed by atoms with van der Waals surface area (Å²) in [6, 6.07) is 7.57. The Morgan fingerprint density at radius 3 is 2.18 bits per heavy atom. The minimum atomic E-state index is -1.51. The second-order valence-corrected chi connectivity index (χ2v) is 7.98. The van der Waals surface area contributed by atoms with Crippen LogP contribution in [0.3, 0.4) is 0 Å². The van der Waals surface area contributed by atoms with Crippen molar-refractivity contribution < 1.29 is 52.5 Å². The summed E-state index contributed by atoms with van der Waals surface area (Å²) in [5, 5.41) is 17.8. The first-order valence-electron chi connectivity index (χ1n) is 11.3. The first-order valence-corrected chi connectivity index (χ1v) is 11.3. The van der Waals surface area contributed by atoms with Crippen molar-refractivity contribution in [1.29, 1.82) is 0 Å². The van der Waals surface area contributed by atoms with Gasteiger partial charge in [0.15, 0.2) is 17.1 Å². The lowest BCUT2D eigenvalue weighted by atomic mass is 10.0. The minimum absolute atomic E-state index is 0.246. The lowest BCUT2D eigenvalue weighted by Gasteiger charge is -2.18. The average Bonchev–Trinajstić information content (AvgIpc) is 3.35. The number of allylic oxidation sites excluding steroid dienone is 1. The SMILES string of the molecule is COc1c(C(=O)/C=C/c2ccc(F)cc2)c(OCC[NH+](C)C)c(OC)c2occc12.O=C([O-])/C=C\C(=O)O. The van der Waals surface area contributed by atoms with Crippen molar-refractivity contribution in [2.45, 2.75) is 0 Å². The lowest BCUT2D eigenvalue weighted by molar-refractivity contribution is -0.858. The molecule has 1 aromatic heterocycles. The van der Waals surface area contributed by atoms with Crippen LogP contribution in [0.25, 0.3) is 17.0 Å². The third-order valence-electron chi connectivity index (χ3n) is 4.94. The van der Waals surface area contributed by atoms with Gasteiger partial charge in [0.05, 0.1) is 45.9 Å². The number of halogens is 1. The molecule has 3 aromatic rings. The van der Waals surface area contributed by atoms with Crippen molar-refractivity contribution in [1.82, 2.24) is 0 Å². The summed E-state index contributed by atoms with van der Waals surface area (Å²) in [5.74, 6) is -2.52. The maximum atomic E-state index is 13.2. The summed E-state index contributed by atoms with van der Waals surface area (Å²) in [6.07, 6.45) is 5.46. The minimum Gasteiger partial charge on any atom is -0.545 e. The van der Waals surface area contributed by atoms with E-state index in [4.69, 9.17) is 23.7 Å². The zero-order valence-corrected chi connectivity index (χ0v) is 21.3. The van der Waals surface area contributed by atoms with Crippen LogP contribution < -0.4 is 24.2 Å². The average molecular weight is 530 g/mol. The molecule has 38 heavy (non-hydrogen) atoms. The number of hydrogen-bond acceptors (Lipinski definition) is 8. The van der Waals surface area contributed by atoms with Gasteiger partial charge in [-0.15, -0.1) is 0 Å². The van der Waals surface area contributed by atoms with Crippen LogP contribution in [0.4, 0.5) is 4.39 Å². The summed E-state index contributed by atoms with van der Waals surface area (Å²) in [6.45, 7) is 1.09. The molecule has 3 rings (SSSR count). The van der Waals surface area contributed by atoms with Crippen LogP contribution in [-0.4, -0.2) is 64.3 Å². The number of methoxy groups -OCH3 is 2. The van der Waals surface area contributed by atoms with Gasteiger partial charge in [-0.3, -0.25) is 4.79 Å². The number of nitrogens with one attached hydrogen (secondary N) is 1. The molecule has 0 amide bonds. The summed E-state index contributed by atoms with van der Waals surface area (Å²) >= 11 is 0. The highest BCUT2D eigenvalue weighted by Gasteiger charge is 2.28. The van der Waals surface area contributed by atoms with E-state index >= 15 is 0 Å². The molecule has 0 spiro atoms. The fourth-order valence-corrected chi connectivity index (χ4v) is 3.20. The summed E-state index contributed by atoms with van der Waals surface area (Å²) in [4.78, 5) is 33.4.